The van der Waals surface area contributed by atoms with E-state index < -0.39 is 42.8 Å². The van der Waals surface area contributed by atoms with E-state index in [0.29, 0.717) is 12.7 Å². The largest absolute Gasteiger partial charge is 0.486 e. The Labute approximate surface area is 155 Å². The zero-order valence-corrected chi connectivity index (χ0v) is 14.5. The van der Waals surface area contributed by atoms with Crippen molar-refractivity contribution in [3.63, 3.8) is 0 Å². The molecule has 3 aliphatic rings. The average Bonchev–Trinajstić information content (AvgIpc) is 2.56. The minimum absolute atomic E-state index is 0.0402. The van der Waals surface area contributed by atoms with E-state index in [1.54, 1.807) is 6.08 Å². The topological polar surface area (TPSA) is 163 Å². The lowest BCUT2D eigenvalue weighted by Gasteiger charge is -2.41. The predicted octanol–water partition coefficient (Wildman–Crippen LogP) is -1.10. The highest BCUT2D eigenvalue weighted by Crippen LogP contribution is 2.35. The standard InChI is InChI=1S/C16H20BN3O7/c18-10(15(19)22)5-12(21)20-6-9(7-20)26-11-2-1-8-3-4-17(25)27-14(8)13(11)16(23)24/h1-2,8-9,14,18,25H,3-7H2,(H2,19,22)(H,23,24). The van der Waals surface area contributed by atoms with Gasteiger partial charge in [0.15, 0.2) is 0 Å². The van der Waals surface area contributed by atoms with Crippen LogP contribution in [0.2, 0.25) is 6.32 Å². The van der Waals surface area contributed by atoms with Gasteiger partial charge in [-0.3, -0.25) is 15.0 Å². The molecule has 2 atom stereocenters. The Hall–Kier alpha value is -2.66. The van der Waals surface area contributed by atoms with Crippen molar-refractivity contribution in [3.05, 3.63) is 23.5 Å². The molecule has 10 nitrogen and oxygen atoms in total. The van der Waals surface area contributed by atoms with Crippen molar-refractivity contribution < 1.29 is 33.9 Å². The van der Waals surface area contributed by atoms with Gasteiger partial charge in [0.1, 0.15) is 23.1 Å². The van der Waals surface area contributed by atoms with Crippen LogP contribution in [0.3, 0.4) is 0 Å². The second kappa shape index (κ2) is 7.53. The Balaban J connectivity index is 1.62. The van der Waals surface area contributed by atoms with Gasteiger partial charge >= 0.3 is 13.1 Å². The van der Waals surface area contributed by atoms with Gasteiger partial charge in [-0.05, 0) is 18.8 Å². The quantitative estimate of drug-likeness (QED) is 0.337. The van der Waals surface area contributed by atoms with Crippen LogP contribution in [-0.2, 0) is 23.8 Å². The molecule has 0 bridgehead atoms. The van der Waals surface area contributed by atoms with Crippen molar-refractivity contribution in [2.75, 3.05) is 13.1 Å². The third kappa shape index (κ3) is 4.03. The second-order valence-corrected chi connectivity index (χ2v) is 6.75. The van der Waals surface area contributed by atoms with Gasteiger partial charge < -0.3 is 30.2 Å². The van der Waals surface area contributed by atoms with Gasteiger partial charge in [0, 0.05) is 5.92 Å². The van der Waals surface area contributed by atoms with Crippen LogP contribution in [0.1, 0.15) is 12.8 Å². The van der Waals surface area contributed by atoms with Gasteiger partial charge in [-0.15, -0.1) is 0 Å². The number of aliphatic carboxylic acids is 1. The fraction of sp³-hybridized carbons (Fsp3) is 0.500. The van der Waals surface area contributed by atoms with Crippen LogP contribution in [-0.4, -0.2) is 70.9 Å². The smallest absolute Gasteiger partial charge is 0.454 e. The van der Waals surface area contributed by atoms with E-state index in [4.69, 9.17) is 20.5 Å². The molecule has 5 N–H and O–H groups in total. The number of likely N-dealkylation sites (tertiary alicyclic amines) is 1. The molecular formula is C16H20BN3O7. The molecule has 27 heavy (non-hydrogen) atoms. The van der Waals surface area contributed by atoms with Crippen LogP contribution < -0.4 is 5.73 Å². The normalized spacial score (nSPS) is 24.9. The van der Waals surface area contributed by atoms with Gasteiger partial charge in [-0.25, -0.2) is 4.79 Å². The lowest BCUT2D eigenvalue weighted by atomic mass is 9.71. The molecule has 2 fully saturated rings. The third-order valence-corrected chi connectivity index (χ3v) is 4.83. The van der Waals surface area contributed by atoms with Gasteiger partial charge in [0.05, 0.1) is 25.6 Å². The number of amides is 2. The van der Waals surface area contributed by atoms with Crippen molar-refractivity contribution in [1.29, 1.82) is 5.41 Å². The minimum Gasteiger partial charge on any atom is -0.486 e. The molecule has 0 spiro atoms. The number of carboxylic acids is 1. The molecule has 144 valence electrons. The van der Waals surface area contributed by atoms with E-state index in [0.717, 1.165) is 0 Å². The maximum absolute atomic E-state index is 11.9. The molecule has 0 saturated carbocycles. The highest BCUT2D eigenvalue weighted by Gasteiger charge is 2.42. The van der Waals surface area contributed by atoms with E-state index in [1.807, 2.05) is 6.08 Å². The first-order chi connectivity index (χ1) is 12.8. The number of primary amides is 1. The van der Waals surface area contributed by atoms with Gasteiger partial charge in [-0.2, -0.15) is 0 Å². The number of carboxylic acid groups (broad SMARTS) is 1. The lowest BCUT2D eigenvalue weighted by molar-refractivity contribution is -0.142. The van der Waals surface area contributed by atoms with E-state index >= 15 is 0 Å². The van der Waals surface area contributed by atoms with Gasteiger partial charge in [0.2, 0.25) is 5.91 Å². The highest BCUT2D eigenvalue weighted by atomic mass is 16.5. The van der Waals surface area contributed by atoms with Crippen LogP contribution in [0.25, 0.3) is 0 Å². The fourth-order valence-corrected chi connectivity index (χ4v) is 3.32. The Morgan fingerprint density at radius 3 is 2.74 bits per heavy atom. The molecule has 2 amide bonds. The molecule has 11 heteroatoms. The van der Waals surface area contributed by atoms with Crippen LogP contribution in [0.5, 0.6) is 0 Å². The van der Waals surface area contributed by atoms with E-state index in [2.05, 4.69) is 0 Å². The van der Waals surface area contributed by atoms with Crippen molar-refractivity contribution >= 4 is 30.6 Å². The molecular weight excluding hydrogens is 357 g/mol. The fourth-order valence-electron chi connectivity index (χ4n) is 3.32. The van der Waals surface area contributed by atoms with E-state index in [-0.39, 0.29) is 36.8 Å². The number of hydrogen-bond acceptors (Lipinski definition) is 7. The van der Waals surface area contributed by atoms with Gasteiger partial charge in [-0.1, -0.05) is 6.08 Å². The summed E-state index contributed by atoms with van der Waals surface area (Å²) in [5.74, 6) is -2.51. The molecule has 0 aromatic carbocycles. The molecule has 2 saturated heterocycles. The molecule has 3 rings (SSSR count). The SMILES string of the molecule is N=C(CC(=O)N1CC(OC2=C(C(=O)O)C3OB(O)CCC3C=C2)C1)C(N)=O. The summed E-state index contributed by atoms with van der Waals surface area (Å²) >= 11 is 0. The molecule has 0 aromatic rings. The first-order valence-corrected chi connectivity index (χ1v) is 8.57. The van der Waals surface area contributed by atoms with Crippen LogP contribution >= 0.6 is 0 Å². The van der Waals surface area contributed by atoms with Crippen molar-refractivity contribution in [2.24, 2.45) is 11.7 Å². The van der Waals surface area contributed by atoms with E-state index in [1.165, 1.54) is 4.90 Å². The number of ether oxygens (including phenoxy) is 1. The monoisotopic (exact) mass is 377 g/mol. The summed E-state index contributed by atoms with van der Waals surface area (Å²) in [6, 6.07) is 0. The molecule has 2 heterocycles. The molecule has 0 radical (unpaired) electrons. The first-order valence-electron chi connectivity index (χ1n) is 8.57. The first kappa shape index (κ1) is 19.1. The summed E-state index contributed by atoms with van der Waals surface area (Å²) in [4.78, 5) is 35.9. The maximum atomic E-state index is 11.9. The van der Waals surface area contributed by atoms with E-state index in [9.17, 15) is 24.5 Å². The maximum Gasteiger partial charge on any atom is 0.454 e. The Bertz CT molecular complexity index is 744. The summed E-state index contributed by atoms with van der Waals surface area (Å²) in [5.41, 5.74) is 4.44. The number of hydrogen-bond donors (Lipinski definition) is 4. The lowest BCUT2D eigenvalue weighted by Crippen LogP contribution is -2.55. The molecule has 1 aliphatic carbocycles. The summed E-state index contributed by atoms with van der Waals surface area (Å²) < 4.78 is 11.1. The summed E-state index contributed by atoms with van der Waals surface area (Å²) in [6.07, 6.45) is 2.90. The number of nitrogens with two attached hydrogens (primary N) is 1. The van der Waals surface area contributed by atoms with Crippen molar-refractivity contribution in [3.8, 4) is 0 Å². The van der Waals surface area contributed by atoms with Crippen LogP contribution in [0.15, 0.2) is 23.5 Å². The Kier molecular flexibility index (Phi) is 5.33. The van der Waals surface area contributed by atoms with Gasteiger partial charge in [0.25, 0.3) is 5.91 Å². The van der Waals surface area contributed by atoms with Crippen molar-refractivity contribution in [2.45, 2.75) is 31.4 Å². The second-order valence-electron chi connectivity index (χ2n) is 6.75. The van der Waals surface area contributed by atoms with Crippen molar-refractivity contribution in [1.82, 2.24) is 4.90 Å². The summed E-state index contributed by atoms with van der Waals surface area (Å²) in [7, 11) is -1.01. The molecule has 0 aromatic heterocycles. The number of fused-ring (bicyclic) bond motifs is 1. The number of nitrogens with zero attached hydrogens (tertiary/aromatic N) is 1. The number of carbonyl (C=O) groups excluding carboxylic acids is 2. The third-order valence-electron chi connectivity index (χ3n) is 4.83. The number of allylic oxidation sites excluding steroid dienone is 1. The predicted molar refractivity (Wildman–Crippen MR) is 92.6 cm³/mol. The molecule has 2 unspecified atom stereocenters. The zero-order chi connectivity index (χ0) is 19.7. The summed E-state index contributed by atoms with van der Waals surface area (Å²) in [6.45, 7) is 0.430. The van der Waals surface area contributed by atoms with Crippen LogP contribution in [0, 0.1) is 11.3 Å². The number of nitrogens with one attached hydrogen (secondary N) is 1. The Morgan fingerprint density at radius 1 is 1.41 bits per heavy atom. The average molecular weight is 377 g/mol. The Morgan fingerprint density at radius 2 is 2.11 bits per heavy atom. The highest BCUT2D eigenvalue weighted by molar-refractivity contribution is 6.43. The molecule has 2 aliphatic heterocycles. The number of rotatable bonds is 6. The summed E-state index contributed by atoms with van der Waals surface area (Å²) in [5, 5.41) is 26.6. The zero-order valence-electron chi connectivity index (χ0n) is 14.5. The van der Waals surface area contributed by atoms with Crippen LogP contribution in [0.4, 0.5) is 0 Å². The number of carbonyl (C=O) groups is 3. The minimum atomic E-state index is -1.18.